The van der Waals surface area contributed by atoms with Crippen LogP contribution in [0.2, 0.25) is 0 Å². The number of hydrogen-bond donors (Lipinski definition) is 2. The number of aromatic carboxylic acids is 1. The van der Waals surface area contributed by atoms with Crippen LogP contribution in [0.15, 0.2) is 18.2 Å². The number of carboxylic acids is 1. The molecule has 4 heteroatoms. The molecule has 0 unspecified atom stereocenters. The van der Waals surface area contributed by atoms with Crippen LogP contribution in [0.1, 0.15) is 22.8 Å². The summed E-state index contributed by atoms with van der Waals surface area (Å²) in [7, 11) is 0. The van der Waals surface area contributed by atoms with Crippen molar-refractivity contribution in [2.75, 3.05) is 5.32 Å². The van der Waals surface area contributed by atoms with Crippen molar-refractivity contribution in [2.24, 2.45) is 0 Å². The van der Waals surface area contributed by atoms with Crippen LogP contribution in [0.25, 0.3) is 0 Å². The molecule has 1 aromatic carbocycles. The number of carbonyl (C=O) groups excluding carboxylic acids is 1. The van der Waals surface area contributed by atoms with Gasteiger partial charge >= 0.3 is 5.97 Å². The first kappa shape index (κ1) is 11.8. The quantitative estimate of drug-likeness (QED) is 0.740. The summed E-state index contributed by atoms with van der Waals surface area (Å²) >= 11 is 0. The lowest BCUT2D eigenvalue weighted by Crippen LogP contribution is -2.09. The lowest BCUT2D eigenvalue weighted by atomic mass is 10.1. The molecule has 1 rings (SSSR count). The molecular weight excluding hydrogens is 206 g/mol. The van der Waals surface area contributed by atoms with Gasteiger partial charge in [-0.3, -0.25) is 4.79 Å². The van der Waals surface area contributed by atoms with Gasteiger partial charge in [0.2, 0.25) is 0 Å². The van der Waals surface area contributed by atoms with E-state index in [1.54, 1.807) is 19.9 Å². The van der Waals surface area contributed by atoms with Gasteiger partial charge in [0.15, 0.2) is 0 Å². The van der Waals surface area contributed by atoms with Gasteiger partial charge in [-0.05, 0) is 43.5 Å². The number of carboxylic acid groups (broad SMARTS) is 1. The summed E-state index contributed by atoms with van der Waals surface area (Å²) in [5.41, 5.74) is 1.35. The molecule has 4 nitrogen and oxygen atoms in total. The second kappa shape index (κ2) is 4.99. The van der Waals surface area contributed by atoms with Crippen LogP contribution >= 0.6 is 0 Å². The van der Waals surface area contributed by atoms with Gasteiger partial charge in [-0.2, -0.15) is 0 Å². The number of hydrogen-bond acceptors (Lipinski definition) is 2. The van der Waals surface area contributed by atoms with Gasteiger partial charge in [0.25, 0.3) is 5.91 Å². The van der Waals surface area contributed by atoms with E-state index in [2.05, 4.69) is 17.2 Å². The Balaban J connectivity index is 2.92. The zero-order chi connectivity index (χ0) is 12.1. The molecule has 0 saturated carbocycles. The Hall–Kier alpha value is -2.28. The summed E-state index contributed by atoms with van der Waals surface area (Å²) in [4.78, 5) is 21.9. The third kappa shape index (κ3) is 2.85. The first-order valence-electron chi connectivity index (χ1n) is 4.62. The molecule has 0 saturated heterocycles. The maximum Gasteiger partial charge on any atom is 0.335 e. The molecule has 0 fully saturated rings. The molecular formula is C12H11NO3. The highest BCUT2D eigenvalue weighted by molar-refractivity contribution is 6.04. The predicted octanol–water partition coefficient (Wildman–Crippen LogP) is 1.66. The maximum atomic E-state index is 11.1. The highest BCUT2D eigenvalue weighted by atomic mass is 16.4. The third-order valence-corrected chi connectivity index (χ3v) is 1.95. The molecule has 0 aromatic heterocycles. The fourth-order valence-corrected chi connectivity index (χ4v) is 1.26. The van der Waals surface area contributed by atoms with Gasteiger partial charge in [0.1, 0.15) is 0 Å². The monoisotopic (exact) mass is 217 g/mol. The third-order valence-electron chi connectivity index (χ3n) is 1.95. The Morgan fingerprint density at radius 3 is 2.56 bits per heavy atom. The van der Waals surface area contributed by atoms with E-state index >= 15 is 0 Å². The molecule has 82 valence electrons. The van der Waals surface area contributed by atoms with E-state index in [0.717, 1.165) is 0 Å². The molecule has 0 aliphatic heterocycles. The molecule has 0 heterocycles. The molecule has 16 heavy (non-hydrogen) atoms. The van der Waals surface area contributed by atoms with Gasteiger partial charge < -0.3 is 10.4 Å². The van der Waals surface area contributed by atoms with Gasteiger partial charge in [0, 0.05) is 5.69 Å². The number of amides is 1. The Kier molecular flexibility index (Phi) is 3.67. The summed E-state index contributed by atoms with van der Waals surface area (Å²) in [6, 6.07) is 4.58. The van der Waals surface area contributed by atoms with Gasteiger partial charge in [-0.25, -0.2) is 4.79 Å². The van der Waals surface area contributed by atoms with Crippen molar-refractivity contribution in [3.8, 4) is 11.8 Å². The minimum atomic E-state index is -0.983. The summed E-state index contributed by atoms with van der Waals surface area (Å²) in [5.74, 6) is 3.42. The summed E-state index contributed by atoms with van der Waals surface area (Å²) < 4.78 is 0. The Morgan fingerprint density at radius 2 is 2.06 bits per heavy atom. The van der Waals surface area contributed by atoms with Crippen molar-refractivity contribution in [2.45, 2.75) is 13.8 Å². The van der Waals surface area contributed by atoms with Crippen molar-refractivity contribution in [1.82, 2.24) is 0 Å². The van der Waals surface area contributed by atoms with E-state index in [1.165, 1.54) is 12.1 Å². The lowest BCUT2D eigenvalue weighted by Gasteiger charge is -2.04. The van der Waals surface area contributed by atoms with Crippen molar-refractivity contribution >= 4 is 17.6 Å². The number of nitrogens with one attached hydrogen (secondary N) is 1. The minimum Gasteiger partial charge on any atom is -0.478 e. The molecule has 0 bridgehead atoms. The van der Waals surface area contributed by atoms with Crippen LogP contribution in [0.4, 0.5) is 5.69 Å². The fourth-order valence-electron chi connectivity index (χ4n) is 1.26. The van der Waals surface area contributed by atoms with Gasteiger partial charge in [0.05, 0.1) is 5.56 Å². The first-order chi connectivity index (χ1) is 7.54. The minimum absolute atomic E-state index is 0.222. The van der Waals surface area contributed by atoms with E-state index in [9.17, 15) is 9.59 Å². The van der Waals surface area contributed by atoms with E-state index in [-0.39, 0.29) is 5.56 Å². The number of anilines is 1. The molecule has 0 spiro atoms. The topological polar surface area (TPSA) is 66.4 Å². The smallest absolute Gasteiger partial charge is 0.335 e. The number of carbonyl (C=O) groups is 2. The first-order valence-corrected chi connectivity index (χ1v) is 4.62. The molecule has 0 radical (unpaired) electrons. The van der Waals surface area contributed by atoms with Crippen molar-refractivity contribution in [3.05, 3.63) is 29.3 Å². The zero-order valence-electron chi connectivity index (χ0n) is 9.00. The number of aryl methyl sites for hydroxylation is 1. The average molecular weight is 217 g/mol. The Labute approximate surface area is 93.3 Å². The van der Waals surface area contributed by atoms with Crippen LogP contribution in [0, 0.1) is 18.8 Å². The summed E-state index contributed by atoms with van der Waals surface area (Å²) in [5, 5.41) is 11.4. The van der Waals surface area contributed by atoms with Gasteiger partial charge in [-0.15, -0.1) is 0 Å². The number of benzene rings is 1. The van der Waals surface area contributed by atoms with E-state index in [0.29, 0.717) is 11.3 Å². The number of rotatable bonds is 2. The van der Waals surface area contributed by atoms with E-state index < -0.39 is 11.9 Å². The van der Waals surface area contributed by atoms with Gasteiger partial charge in [-0.1, -0.05) is 5.92 Å². The average Bonchev–Trinajstić information content (AvgIpc) is 2.17. The zero-order valence-corrected chi connectivity index (χ0v) is 9.00. The molecule has 2 N–H and O–H groups in total. The van der Waals surface area contributed by atoms with E-state index in [4.69, 9.17) is 5.11 Å². The summed E-state index contributed by atoms with van der Waals surface area (Å²) in [6.07, 6.45) is 0. The van der Waals surface area contributed by atoms with Crippen LogP contribution in [0.3, 0.4) is 0 Å². The van der Waals surface area contributed by atoms with Crippen molar-refractivity contribution < 1.29 is 14.7 Å². The van der Waals surface area contributed by atoms with Crippen LogP contribution in [-0.2, 0) is 4.79 Å². The standard InChI is InChI=1S/C12H11NO3/c1-3-4-11(14)13-9-5-6-10(12(15)16)8(2)7-9/h5-7H,1-2H3,(H,13,14)(H,15,16). The van der Waals surface area contributed by atoms with Crippen LogP contribution in [0.5, 0.6) is 0 Å². The highest BCUT2D eigenvalue weighted by Crippen LogP contribution is 2.14. The van der Waals surface area contributed by atoms with Crippen molar-refractivity contribution in [3.63, 3.8) is 0 Å². The molecule has 1 aromatic rings. The predicted molar refractivity (Wildman–Crippen MR) is 60.2 cm³/mol. The fraction of sp³-hybridized carbons (Fsp3) is 0.167. The SMILES string of the molecule is CC#CC(=O)Nc1ccc(C(=O)O)c(C)c1. The Bertz CT molecular complexity index is 495. The van der Waals surface area contributed by atoms with Crippen molar-refractivity contribution in [1.29, 1.82) is 0 Å². The molecule has 1 amide bonds. The second-order valence-corrected chi connectivity index (χ2v) is 3.16. The second-order valence-electron chi connectivity index (χ2n) is 3.16. The largest absolute Gasteiger partial charge is 0.478 e. The maximum absolute atomic E-state index is 11.1. The van der Waals surface area contributed by atoms with Crippen LogP contribution in [-0.4, -0.2) is 17.0 Å². The molecule has 0 aliphatic rings. The summed E-state index contributed by atoms with van der Waals surface area (Å²) in [6.45, 7) is 3.24. The van der Waals surface area contributed by atoms with Crippen LogP contribution < -0.4 is 5.32 Å². The lowest BCUT2D eigenvalue weighted by molar-refractivity contribution is -0.111. The highest BCUT2D eigenvalue weighted by Gasteiger charge is 2.07. The normalized spacial score (nSPS) is 8.88. The molecule has 0 atom stereocenters. The Morgan fingerprint density at radius 1 is 1.38 bits per heavy atom. The van der Waals surface area contributed by atoms with E-state index in [1.807, 2.05) is 0 Å². The molecule has 0 aliphatic carbocycles.